The Hall–Kier alpha value is -4.37. The van der Waals surface area contributed by atoms with Crippen molar-refractivity contribution in [2.45, 2.75) is 19.9 Å². The fraction of sp³-hybridized carbons (Fsp3) is 0.138. The van der Waals surface area contributed by atoms with Crippen LogP contribution in [0.3, 0.4) is 0 Å². The first-order chi connectivity index (χ1) is 18.4. The van der Waals surface area contributed by atoms with Crippen LogP contribution < -0.4 is 20.7 Å². The maximum Gasteiger partial charge on any atom is 0.261 e. The molecule has 1 unspecified atom stereocenters. The minimum Gasteiger partial charge on any atom is -0.495 e. The van der Waals surface area contributed by atoms with Crippen LogP contribution in [0.2, 0.25) is 0 Å². The number of aryl methyl sites for hydroxylation is 1. The molecule has 5 rings (SSSR count). The average Bonchev–Trinajstić information content (AvgIpc) is 3.33. The number of allylic oxidation sites excluding steroid dienone is 1. The Bertz CT molecular complexity index is 1540. The molecule has 9 heteroatoms. The largest absolute Gasteiger partial charge is 0.495 e. The lowest BCUT2D eigenvalue weighted by atomic mass is 9.94. The summed E-state index contributed by atoms with van der Waals surface area (Å²) in [6.07, 6.45) is 1.52. The summed E-state index contributed by atoms with van der Waals surface area (Å²) in [4.78, 5) is 27.0. The first kappa shape index (κ1) is 25.3. The molecule has 0 saturated heterocycles. The van der Waals surface area contributed by atoms with Crippen LogP contribution in [0.1, 0.15) is 34.5 Å². The molecule has 1 aliphatic rings. The van der Waals surface area contributed by atoms with E-state index in [0.717, 1.165) is 15.6 Å². The summed E-state index contributed by atoms with van der Waals surface area (Å²) in [6.45, 7) is 3.81. The fourth-order valence-electron chi connectivity index (χ4n) is 4.44. The molecule has 192 valence electrons. The predicted octanol–water partition coefficient (Wildman–Crippen LogP) is 6.14. The zero-order chi connectivity index (χ0) is 26.8. The number of benzene rings is 3. The summed E-state index contributed by atoms with van der Waals surface area (Å²) in [5, 5.41) is 13.7. The molecule has 3 aromatic carbocycles. The molecular weight excluding hydrogens is 546 g/mol. The fourth-order valence-corrected chi connectivity index (χ4v) is 4.71. The lowest BCUT2D eigenvalue weighted by molar-refractivity contribution is -0.113. The maximum absolute atomic E-state index is 13.7. The third-order valence-electron chi connectivity index (χ3n) is 6.36. The van der Waals surface area contributed by atoms with Gasteiger partial charge < -0.3 is 20.7 Å². The molecule has 38 heavy (non-hydrogen) atoms. The van der Waals surface area contributed by atoms with Gasteiger partial charge in [0.2, 0.25) is 0 Å². The predicted molar refractivity (Wildman–Crippen MR) is 152 cm³/mol. The molecule has 1 aromatic heterocycles. The highest BCUT2D eigenvalue weighted by Gasteiger charge is 2.35. The van der Waals surface area contributed by atoms with E-state index in [2.05, 4.69) is 37.0 Å². The van der Waals surface area contributed by atoms with Gasteiger partial charge in [0.05, 0.1) is 24.6 Å². The number of rotatable bonds is 6. The van der Waals surface area contributed by atoms with Crippen molar-refractivity contribution in [1.29, 1.82) is 0 Å². The van der Waals surface area contributed by atoms with Gasteiger partial charge in [-0.1, -0.05) is 57.9 Å². The first-order valence-electron chi connectivity index (χ1n) is 12.0. The van der Waals surface area contributed by atoms with Crippen LogP contribution in [0.5, 0.6) is 5.75 Å². The van der Waals surface area contributed by atoms with Crippen molar-refractivity contribution in [1.82, 2.24) is 9.78 Å². The van der Waals surface area contributed by atoms with Crippen LogP contribution in [-0.4, -0.2) is 28.7 Å². The summed E-state index contributed by atoms with van der Waals surface area (Å²) >= 11 is 3.48. The van der Waals surface area contributed by atoms with Gasteiger partial charge in [0.25, 0.3) is 11.8 Å². The molecule has 0 aliphatic carbocycles. The van der Waals surface area contributed by atoms with Crippen LogP contribution in [0.15, 0.2) is 94.7 Å². The zero-order valence-corrected chi connectivity index (χ0v) is 22.7. The van der Waals surface area contributed by atoms with Crippen molar-refractivity contribution >= 4 is 44.9 Å². The summed E-state index contributed by atoms with van der Waals surface area (Å²) in [5.41, 5.74) is 4.64. The molecule has 0 bridgehead atoms. The minimum atomic E-state index is -0.574. The number of ether oxygens (including phenoxy) is 1. The second-order valence-electron chi connectivity index (χ2n) is 8.94. The van der Waals surface area contributed by atoms with Gasteiger partial charge in [-0.3, -0.25) is 9.59 Å². The van der Waals surface area contributed by atoms with Gasteiger partial charge in [-0.05, 0) is 55.8 Å². The number of fused-ring (bicyclic) bond motifs is 1. The van der Waals surface area contributed by atoms with E-state index in [1.807, 2.05) is 74.5 Å². The monoisotopic (exact) mass is 571 g/mol. The van der Waals surface area contributed by atoms with Crippen LogP contribution in [0, 0.1) is 6.92 Å². The van der Waals surface area contributed by atoms with E-state index in [-0.39, 0.29) is 11.8 Å². The standard InChI is InChI=1S/C29H26BrN5O3/c1-17-8-14-21(15-9-17)33-28(36)22-16-31-35-26(19-10-12-20(30)13-11-19)25(18(2)32-27(22)35)29(37)34-23-6-4-5-7-24(23)38-3/h4-16,26,32H,1-3H3,(H,33,36)(H,34,37). The molecule has 2 heterocycles. The van der Waals surface area contributed by atoms with Crippen molar-refractivity contribution in [3.05, 3.63) is 111 Å². The van der Waals surface area contributed by atoms with E-state index in [0.29, 0.717) is 39.8 Å². The van der Waals surface area contributed by atoms with Gasteiger partial charge >= 0.3 is 0 Å². The molecule has 1 atom stereocenters. The van der Waals surface area contributed by atoms with Crippen molar-refractivity contribution in [2.24, 2.45) is 0 Å². The quantitative estimate of drug-likeness (QED) is 0.258. The summed E-state index contributed by atoms with van der Waals surface area (Å²) in [5.74, 6) is 0.456. The smallest absolute Gasteiger partial charge is 0.261 e. The first-order valence-corrected chi connectivity index (χ1v) is 12.8. The Morgan fingerprint density at radius 2 is 1.66 bits per heavy atom. The number of hydrogen-bond donors (Lipinski definition) is 3. The normalized spacial score (nSPS) is 14.4. The SMILES string of the molecule is COc1ccccc1NC(=O)C1=C(C)Nc2c(C(=O)Nc3ccc(C)cc3)cnn2C1c1ccc(Br)cc1. The molecule has 0 fully saturated rings. The van der Waals surface area contributed by atoms with E-state index in [9.17, 15) is 9.59 Å². The Morgan fingerprint density at radius 1 is 0.947 bits per heavy atom. The van der Waals surface area contributed by atoms with Crippen molar-refractivity contribution in [2.75, 3.05) is 23.1 Å². The van der Waals surface area contributed by atoms with Gasteiger partial charge in [0.1, 0.15) is 23.2 Å². The second-order valence-corrected chi connectivity index (χ2v) is 9.86. The van der Waals surface area contributed by atoms with Crippen molar-refractivity contribution < 1.29 is 14.3 Å². The van der Waals surface area contributed by atoms with Gasteiger partial charge in [0.15, 0.2) is 0 Å². The van der Waals surface area contributed by atoms with E-state index in [1.54, 1.807) is 23.9 Å². The van der Waals surface area contributed by atoms with Gasteiger partial charge in [0, 0.05) is 15.9 Å². The van der Waals surface area contributed by atoms with E-state index in [1.165, 1.54) is 6.20 Å². The van der Waals surface area contributed by atoms with Crippen LogP contribution >= 0.6 is 15.9 Å². The molecular formula is C29H26BrN5O3. The highest BCUT2D eigenvalue weighted by molar-refractivity contribution is 9.10. The number of halogens is 1. The van der Waals surface area contributed by atoms with Gasteiger partial charge in [-0.25, -0.2) is 4.68 Å². The second kappa shape index (κ2) is 10.5. The Balaban J connectivity index is 1.54. The molecule has 0 saturated carbocycles. The summed E-state index contributed by atoms with van der Waals surface area (Å²) < 4.78 is 8.00. The van der Waals surface area contributed by atoms with Gasteiger partial charge in [-0.2, -0.15) is 5.10 Å². The highest BCUT2D eigenvalue weighted by atomic mass is 79.9. The molecule has 2 amide bonds. The van der Waals surface area contributed by atoms with Crippen LogP contribution in [-0.2, 0) is 4.79 Å². The zero-order valence-electron chi connectivity index (χ0n) is 21.1. The number of methoxy groups -OCH3 is 1. The summed E-state index contributed by atoms with van der Waals surface area (Å²) in [7, 11) is 1.56. The van der Waals surface area contributed by atoms with E-state index < -0.39 is 6.04 Å². The summed E-state index contributed by atoms with van der Waals surface area (Å²) in [6, 6.07) is 21.9. The number of aromatic nitrogens is 2. The van der Waals surface area contributed by atoms with E-state index in [4.69, 9.17) is 4.74 Å². The number of hydrogen-bond acceptors (Lipinski definition) is 5. The van der Waals surface area contributed by atoms with Crippen LogP contribution in [0.4, 0.5) is 17.2 Å². The molecule has 1 aliphatic heterocycles. The number of para-hydroxylation sites is 2. The molecule has 0 radical (unpaired) electrons. The van der Waals surface area contributed by atoms with Gasteiger partial charge in [-0.15, -0.1) is 0 Å². The lowest BCUT2D eigenvalue weighted by Gasteiger charge is -2.30. The highest BCUT2D eigenvalue weighted by Crippen LogP contribution is 2.38. The molecule has 8 nitrogen and oxygen atoms in total. The Morgan fingerprint density at radius 3 is 2.37 bits per heavy atom. The van der Waals surface area contributed by atoms with Crippen molar-refractivity contribution in [3.8, 4) is 5.75 Å². The molecule has 0 spiro atoms. The third-order valence-corrected chi connectivity index (χ3v) is 6.89. The Labute approximate surface area is 228 Å². The molecule has 4 aromatic rings. The average molecular weight is 572 g/mol. The number of nitrogens with zero attached hydrogens (tertiary/aromatic N) is 2. The van der Waals surface area contributed by atoms with Crippen LogP contribution in [0.25, 0.3) is 0 Å². The number of carbonyl (C=O) groups is 2. The minimum absolute atomic E-state index is 0.299. The van der Waals surface area contributed by atoms with Crippen molar-refractivity contribution in [3.63, 3.8) is 0 Å². The maximum atomic E-state index is 13.7. The number of carbonyl (C=O) groups excluding carboxylic acids is 2. The lowest BCUT2D eigenvalue weighted by Crippen LogP contribution is -2.32. The third kappa shape index (κ3) is 4.92. The van der Waals surface area contributed by atoms with E-state index >= 15 is 0 Å². The Kier molecular flexibility index (Phi) is 7.02. The number of anilines is 3. The number of amides is 2. The number of nitrogens with one attached hydrogen (secondary N) is 3. The molecule has 3 N–H and O–H groups in total. The topological polar surface area (TPSA) is 97.3 Å².